The maximum atomic E-state index is 11.5. The molecule has 0 aromatic carbocycles. The van der Waals surface area contributed by atoms with Gasteiger partial charge in [-0.25, -0.2) is 8.78 Å². The third-order valence-corrected chi connectivity index (χ3v) is 1.18. The van der Waals surface area contributed by atoms with Gasteiger partial charge in [-0.1, -0.05) is 0 Å². The summed E-state index contributed by atoms with van der Waals surface area (Å²) in [7, 11) is 0. The lowest BCUT2D eigenvalue weighted by Gasteiger charge is -2.13. The lowest BCUT2D eigenvalue weighted by atomic mass is 10.2. The molecular formula is C7H14F2O2. The third-order valence-electron chi connectivity index (χ3n) is 1.18. The van der Waals surface area contributed by atoms with Gasteiger partial charge >= 0.3 is 0 Å². The first kappa shape index (κ1) is 10.8. The molecule has 0 aliphatic rings. The van der Waals surface area contributed by atoms with Gasteiger partial charge in [0, 0.05) is 0 Å². The van der Waals surface area contributed by atoms with Crippen molar-refractivity contribution < 1.29 is 18.6 Å². The van der Waals surface area contributed by atoms with Crippen LogP contribution in [-0.2, 0) is 4.74 Å². The molecule has 0 heterocycles. The van der Waals surface area contributed by atoms with Crippen molar-refractivity contribution >= 4 is 0 Å². The fourth-order valence-electron chi connectivity index (χ4n) is 0.785. The average molecular weight is 168 g/mol. The summed E-state index contributed by atoms with van der Waals surface area (Å²) in [5.74, 6) is 0. The summed E-state index contributed by atoms with van der Waals surface area (Å²) in [6.45, 7) is 2.71. The van der Waals surface area contributed by atoms with E-state index in [1.807, 2.05) is 0 Å². The van der Waals surface area contributed by atoms with Gasteiger partial charge in [0.05, 0.1) is 12.2 Å². The SMILES string of the molecule is CC(O)CC(C)OCC(F)F. The summed E-state index contributed by atoms with van der Waals surface area (Å²) in [5, 5.41) is 8.82. The van der Waals surface area contributed by atoms with Crippen LogP contribution in [0.1, 0.15) is 20.3 Å². The van der Waals surface area contributed by atoms with Crippen LogP contribution in [0.2, 0.25) is 0 Å². The molecule has 0 aromatic heterocycles. The van der Waals surface area contributed by atoms with Crippen LogP contribution in [0.25, 0.3) is 0 Å². The molecule has 0 radical (unpaired) electrons. The van der Waals surface area contributed by atoms with Crippen LogP contribution in [0, 0.1) is 0 Å². The van der Waals surface area contributed by atoms with Gasteiger partial charge in [-0.05, 0) is 20.3 Å². The van der Waals surface area contributed by atoms with Gasteiger partial charge in [-0.2, -0.15) is 0 Å². The Morgan fingerprint density at radius 2 is 1.91 bits per heavy atom. The highest BCUT2D eigenvalue weighted by atomic mass is 19.3. The van der Waals surface area contributed by atoms with Crippen molar-refractivity contribution in [3.63, 3.8) is 0 Å². The number of hydrogen-bond donors (Lipinski definition) is 1. The topological polar surface area (TPSA) is 29.5 Å². The Kier molecular flexibility index (Phi) is 5.32. The molecule has 11 heavy (non-hydrogen) atoms. The van der Waals surface area contributed by atoms with E-state index in [1.54, 1.807) is 13.8 Å². The van der Waals surface area contributed by atoms with Crippen LogP contribution in [0.4, 0.5) is 8.78 Å². The Bertz CT molecular complexity index is 96.4. The van der Waals surface area contributed by atoms with Gasteiger partial charge in [-0.15, -0.1) is 0 Å². The van der Waals surface area contributed by atoms with Gasteiger partial charge in [0.25, 0.3) is 6.43 Å². The lowest BCUT2D eigenvalue weighted by Crippen LogP contribution is -2.18. The summed E-state index contributed by atoms with van der Waals surface area (Å²) in [4.78, 5) is 0. The van der Waals surface area contributed by atoms with Crippen molar-refractivity contribution in [2.75, 3.05) is 6.61 Å². The first-order chi connectivity index (χ1) is 5.02. The van der Waals surface area contributed by atoms with Crippen molar-refractivity contribution in [2.24, 2.45) is 0 Å². The average Bonchev–Trinajstić information content (AvgIpc) is 1.82. The first-order valence-electron chi connectivity index (χ1n) is 3.60. The second-order valence-electron chi connectivity index (χ2n) is 2.62. The number of hydrogen-bond acceptors (Lipinski definition) is 2. The van der Waals surface area contributed by atoms with Crippen LogP contribution in [0.3, 0.4) is 0 Å². The van der Waals surface area contributed by atoms with E-state index in [4.69, 9.17) is 9.84 Å². The number of ether oxygens (including phenoxy) is 1. The fraction of sp³-hybridized carbons (Fsp3) is 1.00. The Morgan fingerprint density at radius 1 is 1.36 bits per heavy atom. The predicted octanol–water partition coefficient (Wildman–Crippen LogP) is 1.43. The van der Waals surface area contributed by atoms with Gasteiger partial charge in [0.2, 0.25) is 0 Å². The number of halogens is 2. The minimum absolute atomic E-state index is 0.302. The van der Waals surface area contributed by atoms with Crippen molar-refractivity contribution in [1.82, 2.24) is 0 Å². The summed E-state index contributed by atoms with van der Waals surface area (Å²) < 4.78 is 27.8. The van der Waals surface area contributed by atoms with E-state index in [0.717, 1.165) is 0 Å². The van der Waals surface area contributed by atoms with Crippen molar-refractivity contribution in [3.05, 3.63) is 0 Å². The predicted molar refractivity (Wildman–Crippen MR) is 37.7 cm³/mol. The molecule has 0 bridgehead atoms. The Balaban J connectivity index is 3.29. The molecule has 0 aromatic rings. The molecular weight excluding hydrogens is 154 g/mol. The van der Waals surface area contributed by atoms with E-state index in [9.17, 15) is 8.78 Å². The molecule has 0 fully saturated rings. The number of alkyl halides is 2. The molecule has 0 saturated carbocycles. The zero-order valence-corrected chi connectivity index (χ0v) is 6.76. The molecule has 68 valence electrons. The summed E-state index contributed by atoms with van der Waals surface area (Å²) in [6.07, 6.45) is -2.83. The van der Waals surface area contributed by atoms with Gasteiger partial charge in [-0.3, -0.25) is 0 Å². The molecule has 4 heteroatoms. The van der Waals surface area contributed by atoms with E-state index in [0.29, 0.717) is 6.42 Å². The number of aliphatic hydroxyl groups excluding tert-OH is 1. The molecule has 0 saturated heterocycles. The smallest absolute Gasteiger partial charge is 0.261 e. The molecule has 0 spiro atoms. The van der Waals surface area contributed by atoms with Crippen molar-refractivity contribution in [1.29, 1.82) is 0 Å². The van der Waals surface area contributed by atoms with E-state index < -0.39 is 19.1 Å². The van der Waals surface area contributed by atoms with E-state index in [1.165, 1.54) is 0 Å². The van der Waals surface area contributed by atoms with E-state index in [2.05, 4.69) is 0 Å². The van der Waals surface area contributed by atoms with Gasteiger partial charge < -0.3 is 9.84 Å². The first-order valence-corrected chi connectivity index (χ1v) is 3.60. The highest BCUT2D eigenvalue weighted by Gasteiger charge is 2.09. The second kappa shape index (κ2) is 5.43. The van der Waals surface area contributed by atoms with Crippen LogP contribution in [-0.4, -0.2) is 30.3 Å². The van der Waals surface area contributed by atoms with Crippen LogP contribution in [0.15, 0.2) is 0 Å². The van der Waals surface area contributed by atoms with Crippen molar-refractivity contribution in [3.8, 4) is 0 Å². The molecule has 1 N–H and O–H groups in total. The molecule has 0 aliphatic carbocycles. The maximum Gasteiger partial charge on any atom is 0.261 e. The molecule has 0 aliphatic heterocycles. The van der Waals surface area contributed by atoms with Crippen LogP contribution < -0.4 is 0 Å². The summed E-state index contributed by atoms with van der Waals surface area (Å²) >= 11 is 0. The Hall–Kier alpha value is -0.220. The highest BCUT2D eigenvalue weighted by Crippen LogP contribution is 2.03. The summed E-state index contributed by atoms with van der Waals surface area (Å²) in [5.41, 5.74) is 0. The molecule has 0 rings (SSSR count). The normalized spacial score (nSPS) is 16.9. The minimum Gasteiger partial charge on any atom is -0.393 e. The lowest BCUT2D eigenvalue weighted by molar-refractivity contribution is -0.0319. The number of aliphatic hydroxyl groups is 1. The zero-order valence-electron chi connectivity index (χ0n) is 6.76. The quantitative estimate of drug-likeness (QED) is 0.672. The van der Waals surface area contributed by atoms with Crippen LogP contribution in [0.5, 0.6) is 0 Å². The van der Waals surface area contributed by atoms with Crippen LogP contribution >= 0.6 is 0 Å². The van der Waals surface area contributed by atoms with Gasteiger partial charge in [0.15, 0.2) is 0 Å². The zero-order chi connectivity index (χ0) is 8.85. The Labute approximate surface area is 65.2 Å². The van der Waals surface area contributed by atoms with E-state index in [-0.39, 0.29) is 6.10 Å². The number of rotatable bonds is 5. The molecule has 2 atom stereocenters. The fourth-order valence-corrected chi connectivity index (χ4v) is 0.785. The maximum absolute atomic E-state index is 11.5. The van der Waals surface area contributed by atoms with Crippen molar-refractivity contribution in [2.45, 2.75) is 38.9 Å². The van der Waals surface area contributed by atoms with Gasteiger partial charge in [0.1, 0.15) is 6.61 Å². The largest absolute Gasteiger partial charge is 0.393 e. The standard InChI is InChI=1S/C7H14F2O2/c1-5(10)3-6(2)11-4-7(8)9/h5-7,10H,3-4H2,1-2H3. The monoisotopic (exact) mass is 168 g/mol. The minimum atomic E-state index is -2.42. The molecule has 2 nitrogen and oxygen atoms in total. The third kappa shape index (κ3) is 7.68. The highest BCUT2D eigenvalue weighted by molar-refractivity contribution is 4.55. The second-order valence-corrected chi connectivity index (χ2v) is 2.62. The molecule has 0 amide bonds. The van der Waals surface area contributed by atoms with E-state index >= 15 is 0 Å². The summed E-state index contributed by atoms with van der Waals surface area (Å²) in [6, 6.07) is 0. The Morgan fingerprint density at radius 3 is 2.27 bits per heavy atom. The molecule has 2 unspecified atom stereocenters.